The number of nitrogens with one attached hydrogen (secondary N) is 3. The van der Waals surface area contributed by atoms with Crippen LogP contribution in [0.5, 0.6) is 0 Å². The van der Waals surface area contributed by atoms with Crippen LogP contribution in [0.3, 0.4) is 0 Å². The van der Waals surface area contributed by atoms with E-state index in [0.29, 0.717) is 5.12 Å². The molecule has 13 heavy (non-hydrogen) atoms. The average molecular weight is 183 g/mol. The number of anilines is 2. The van der Waals surface area contributed by atoms with E-state index in [9.17, 15) is 15.6 Å². The molecule has 0 aliphatic carbocycles. The van der Waals surface area contributed by atoms with Crippen molar-refractivity contribution in [3.05, 3.63) is 39.9 Å². The quantitative estimate of drug-likeness (QED) is 0.580. The van der Waals surface area contributed by atoms with Gasteiger partial charge in [0, 0.05) is 0 Å². The van der Waals surface area contributed by atoms with Crippen LogP contribution in [0.4, 0.5) is 11.4 Å². The maximum atomic E-state index is 10.4. The molecule has 0 aromatic heterocycles. The zero-order chi connectivity index (χ0) is 9.68. The topological polar surface area (TPSA) is 109 Å². The Bertz CT molecular complexity index is 266. The molecule has 0 aliphatic heterocycles. The van der Waals surface area contributed by atoms with Gasteiger partial charge in [-0.25, -0.2) is 0 Å². The molecule has 72 valence electrons. The van der Waals surface area contributed by atoms with Crippen LogP contribution in [0.1, 0.15) is 0 Å². The SMILES string of the molecule is [O-]Nc1ccccc1N(N[O-])N[O-]. The molecule has 0 unspecified atom stereocenters. The van der Waals surface area contributed by atoms with Gasteiger partial charge >= 0.3 is 0 Å². The summed E-state index contributed by atoms with van der Waals surface area (Å²) >= 11 is 0. The van der Waals surface area contributed by atoms with Crippen LogP contribution in [0.2, 0.25) is 0 Å². The van der Waals surface area contributed by atoms with Crippen LogP contribution in [-0.2, 0) is 0 Å². The van der Waals surface area contributed by atoms with Crippen molar-refractivity contribution in [3.8, 4) is 0 Å². The van der Waals surface area contributed by atoms with Crippen LogP contribution < -0.4 is 21.8 Å². The van der Waals surface area contributed by atoms with Gasteiger partial charge in [0.1, 0.15) is 0 Å². The molecule has 7 nitrogen and oxygen atoms in total. The predicted octanol–water partition coefficient (Wildman–Crippen LogP) is 0.407. The van der Waals surface area contributed by atoms with Crippen LogP contribution in [0, 0.1) is 15.6 Å². The number of benzene rings is 1. The standard InChI is InChI=1S/C6H7N4O3/c11-7-5-3-1-2-4-6(5)10(8-12)9-13/h1-4,7-9H/q-3. The van der Waals surface area contributed by atoms with Gasteiger partial charge in [-0.15, -0.1) is 0 Å². The largest absolute Gasteiger partial charge is 0.769 e. The molecule has 3 N–H and O–H groups in total. The van der Waals surface area contributed by atoms with Gasteiger partial charge in [0.15, 0.2) is 0 Å². The van der Waals surface area contributed by atoms with Gasteiger partial charge in [0.05, 0.1) is 11.4 Å². The third-order valence-corrected chi connectivity index (χ3v) is 1.44. The minimum atomic E-state index is 0.120. The number of nitrogens with zero attached hydrogens (tertiary/aromatic N) is 1. The zero-order valence-electron chi connectivity index (χ0n) is 6.48. The minimum Gasteiger partial charge on any atom is -0.769 e. The number of hydrazine groups is 2. The first-order valence-corrected chi connectivity index (χ1v) is 3.36. The lowest BCUT2D eigenvalue weighted by Crippen LogP contribution is -2.42. The molecule has 1 aromatic rings. The molecule has 0 amide bonds. The smallest absolute Gasteiger partial charge is 0.0904 e. The normalized spacial score (nSPS) is 9.77. The van der Waals surface area contributed by atoms with Crippen molar-refractivity contribution < 1.29 is 0 Å². The number of hydrogen-bond acceptors (Lipinski definition) is 7. The lowest BCUT2D eigenvalue weighted by Gasteiger charge is -2.34. The van der Waals surface area contributed by atoms with E-state index in [-0.39, 0.29) is 11.4 Å². The molecule has 7 heteroatoms. The molecule has 0 heterocycles. The van der Waals surface area contributed by atoms with Crippen molar-refractivity contribution >= 4 is 11.4 Å². The van der Waals surface area contributed by atoms with Crippen LogP contribution in [0.15, 0.2) is 24.3 Å². The molecule has 0 fully saturated rings. The number of para-hydroxylation sites is 2. The molecule has 1 aromatic carbocycles. The summed E-state index contributed by atoms with van der Waals surface area (Å²) in [7, 11) is 0. The Morgan fingerprint density at radius 2 is 1.62 bits per heavy atom. The Hall–Kier alpha value is -1.38. The fourth-order valence-electron chi connectivity index (χ4n) is 0.872. The second-order valence-electron chi connectivity index (χ2n) is 2.14. The number of hydrogen-bond donors (Lipinski definition) is 3. The van der Waals surface area contributed by atoms with E-state index in [4.69, 9.17) is 0 Å². The Kier molecular flexibility index (Phi) is 3.43. The van der Waals surface area contributed by atoms with E-state index in [2.05, 4.69) is 0 Å². The molecular formula is C6H7N4O3-3. The van der Waals surface area contributed by atoms with Gasteiger partial charge in [-0.2, -0.15) is 0 Å². The van der Waals surface area contributed by atoms with E-state index in [1.807, 2.05) is 0 Å². The molecule has 0 saturated heterocycles. The van der Waals surface area contributed by atoms with Gasteiger partial charge in [0.2, 0.25) is 0 Å². The highest BCUT2D eigenvalue weighted by molar-refractivity contribution is 5.69. The lowest BCUT2D eigenvalue weighted by molar-refractivity contribution is 0.682. The zero-order valence-corrected chi connectivity index (χ0v) is 6.48. The lowest BCUT2D eigenvalue weighted by atomic mass is 10.3. The van der Waals surface area contributed by atoms with Crippen molar-refractivity contribution in [1.29, 1.82) is 0 Å². The number of rotatable bonds is 4. The van der Waals surface area contributed by atoms with Crippen molar-refractivity contribution in [2.45, 2.75) is 0 Å². The maximum absolute atomic E-state index is 10.4. The summed E-state index contributed by atoms with van der Waals surface area (Å²) < 4.78 is 0. The average Bonchev–Trinajstić information content (AvgIpc) is 2.20. The first-order chi connectivity index (χ1) is 6.33. The maximum Gasteiger partial charge on any atom is 0.0904 e. The summed E-state index contributed by atoms with van der Waals surface area (Å²) in [5.74, 6) is 0. The van der Waals surface area contributed by atoms with E-state index in [1.54, 1.807) is 17.6 Å². The molecule has 0 radical (unpaired) electrons. The fraction of sp³-hybridized carbons (Fsp3) is 0. The molecule has 0 atom stereocenters. The monoisotopic (exact) mass is 183 g/mol. The Morgan fingerprint density at radius 1 is 1.00 bits per heavy atom. The van der Waals surface area contributed by atoms with Crippen molar-refractivity contribution in [2.24, 2.45) is 0 Å². The highest BCUT2D eigenvalue weighted by Crippen LogP contribution is 2.22. The van der Waals surface area contributed by atoms with E-state index >= 15 is 0 Å². The molecule has 0 spiro atoms. The summed E-state index contributed by atoms with van der Waals surface area (Å²) in [6.45, 7) is 0. The molecule has 0 bridgehead atoms. The summed E-state index contributed by atoms with van der Waals surface area (Å²) in [4.78, 5) is 0. The second kappa shape index (κ2) is 4.60. The van der Waals surface area contributed by atoms with Gasteiger partial charge in [-0.05, 0) is 12.1 Å². The van der Waals surface area contributed by atoms with Crippen LogP contribution in [-0.4, -0.2) is 0 Å². The van der Waals surface area contributed by atoms with Crippen LogP contribution >= 0.6 is 0 Å². The van der Waals surface area contributed by atoms with Gasteiger partial charge in [0.25, 0.3) is 0 Å². The first kappa shape index (κ1) is 9.71. The summed E-state index contributed by atoms with van der Waals surface area (Å²) in [6.07, 6.45) is 0. The van der Waals surface area contributed by atoms with Gasteiger partial charge < -0.3 is 21.1 Å². The van der Waals surface area contributed by atoms with Crippen molar-refractivity contribution in [3.63, 3.8) is 0 Å². The second-order valence-corrected chi connectivity index (χ2v) is 2.14. The highest BCUT2D eigenvalue weighted by atomic mass is 16.6. The highest BCUT2D eigenvalue weighted by Gasteiger charge is 2.01. The third kappa shape index (κ3) is 2.05. The van der Waals surface area contributed by atoms with Crippen molar-refractivity contribution in [2.75, 3.05) is 10.6 Å². The molecule has 0 aliphatic rings. The summed E-state index contributed by atoms with van der Waals surface area (Å²) in [5, 5.41) is 31.3. The van der Waals surface area contributed by atoms with Crippen LogP contribution in [0.25, 0.3) is 0 Å². The Morgan fingerprint density at radius 3 is 2.15 bits per heavy atom. The first-order valence-electron chi connectivity index (χ1n) is 3.36. The van der Waals surface area contributed by atoms with Gasteiger partial charge in [-0.3, -0.25) is 16.3 Å². The fourth-order valence-corrected chi connectivity index (χ4v) is 0.872. The molecular weight excluding hydrogens is 176 g/mol. The molecule has 1 rings (SSSR count). The van der Waals surface area contributed by atoms with E-state index in [0.717, 1.165) is 0 Å². The Labute approximate surface area is 74.0 Å². The van der Waals surface area contributed by atoms with E-state index in [1.165, 1.54) is 23.3 Å². The predicted molar refractivity (Wildman–Crippen MR) is 48.9 cm³/mol. The summed E-state index contributed by atoms with van der Waals surface area (Å²) in [5.41, 5.74) is 4.49. The Balaban J connectivity index is 2.96. The minimum absolute atomic E-state index is 0.120. The van der Waals surface area contributed by atoms with Crippen molar-refractivity contribution in [1.82, 2.24) is 11.2 Å². The molecule has 0 saturated carbocycles. The van der Waals surface area contributed by atoms with E-state index < -0.39 is 0 Å². The van der Waals surface area contributed by atoms with Gasteiger partial charge in [-0.1, -0.05) is 12.1 Å². The summed E-state index contributed by atoms with van der Waals surface area (Å²) in [6, 6.07) is 6.04. The third-order valence-electron chi connectivity index (χ3n) is 1.44.